The Hall–Kier alpha value is -3.78. The molecule has 0 bridgehead atoms. The lowest BCUT2D eigenvalue weighted by atomic mass is 10.0. The maximum Gasteiger partial charge on any atom is 0.329 e. The van der Waals surface area contributed by atoms with E-state index < -0.39 is 0 Å². The van der Waals surface area contributed by atoms with E-state index in [1.54, 1.807) is 24.0 Å². The summed E-state index contributed by atoms with van der Waals surface area (Å²) in [7, 11) is 3.61. The van der Waals surface area contributed by atoms with Gasteiger partial charge in [-0.25, -0.2) is 4.79 Å². The second-order valence-corrected chi connectivity index (χ2v) is 8.05. The van der Waals surface area contributed by atoms with Crippen LogP contribution in [0, 0.1) is 5.41 Å². The van der Waals surface area contributed by atoms with Gasteiger partial charge in [-0.3, -0.25) is 19.1 Å². The van der Waals surface area contributed by atoms with Gasteiger partial charge in [-0.05, 0) is 36.7 Å². The van der Waals surface area contributed by atoms with Crippen molar-refractivity contribution in [2.45, 2.75) is 12.5 Å². The molecule has 1 saturated heterocycles. The lowest BCUT2D eigenvalue weighted by Crippen LogP contribution is -2.27. The standard InChI is InChI=1S/C24H25N7O/c1-26-11-17(10-25)20-5-4-16(12-28-20)15-3-6-21-19(9-15)23-22(14-29-21)30(2)24(32)31(23)18-7-8-27-13-18/h3-6,9-12,14,18,25-27H,7-8,13H2,1-2H3/b17-11+,25-10?. The number of rotatable bonds is 5. The molecule has 3 N–H and O–H groups in total. The molecule has 1 aromatic carbocycles. The SMILES string of the molecule is CN/C=C(\C=N)c1ccc(-c2ccc3ncc4c(c3c2)n(C2CCNC2)c(=O)n4C)cn1. The number of aromatic nitrogens is 4. The van der Waals surface area contributed by atoms with Gasteiger partial charge in [-0.1, -0.05) is 12.1 Å². The molecule has 1 aliphatic heterocycles. The number of nitrogens with zero attached hydrogens (tertiary/aromatic N) is 4. The van der Waals surface area contributed by atoms with Crippen LogP contribution in [0.15, 0.2) is 53.7 Å². The van der Waals surface area contributed by atoms with Crippen LogP contribution in [0.25, 0.3) is 38.6 Å². The number of aryl methyl sites for hydroxylation is 1. The van der Waals surface area contributed by atoms with E-state index in [9.17, 15) is 4.79 Å². The van der Waals surface area contributed by atoms with Crippen LogP contribution in [0.2, 0.25) is 0 Å². The van der Waals surface area contributed by atoms with Crippen LogP contribution in [0.4, 0.5) is 0 Å². The van der Waals surface area contributed by atoms with E-state index in [-0.39, 0.29) is 11.7 Å². The number of fused-ring (bicyclic) bond motifs is 3. The van der Waals surface area contributed by atoms with Crippen molar-refractivity contribution >= 4 is 33.7 Å². The number of allylic oxidation sites excluding steroid dienone is 1. The molecule has 0 saturated carbocycles. The minimum absolute atomic E-state index is 0.00471. The molecule has 8 heteroatoms. The summed E-state index contributed by atoms with van der Waals surface area (Å²) in [5, 5.41) is 14.9. The van der Waals surface area contributed by atoms with Crippen molar-refractivity contribution in [1.82, 2.24) is 29.7 Å². The molecule has 4 aromatic rings. The summed E-state index contributed by atoms with van der Waals surface area (Å²) in [4.78, 5) is 22.2. The van der Waals surface area contributed by atoms with E-state index in [1.165, 1.54) is 6.21 Å². The Bertz CT molecular complexity index is 1410. The van der Waals surface area contributed by atoms with Crippen molar-refractivity contribution in [2.24, 2.45) is 7.05 Å². The molecule has 8 nitrogen and oxygen atoms in total. The summed E-state index contributed by atoms with van der Waals surface area (Å²) in [5.74, 6) is 0. The van der Waals surface area contributed by atoms with E-state index in [4.69, 9.17) is 5.41 Å². The summed E-state index contributed by atoms with van der Waals surface area (Å²) in [6.45, 7) is 1.71. The number of nitrogens with one attached hydrogen (secondary N) is 3. The topological polar surface area (TPSA) is 101 Å². The molecule has 32 heavy (non-hydrogen) atoms. The molecule has 1 fully saturated rings. The first-order chi connectivity index (χ1) is 15.6. The van der Waals surface area contributed by atoms with Gasteiger partial charge in [0.25, 0.3) is 0 Å². The van der Waals surface area contributed by atoms with Gasteiger partial charge in [-0.15, -0.1) is 0 Å². The predicted molar refractivity (Wildman–Crippen MR) is 128 cm³/mol. The van der Waals surface area contributed by atoms with Gasteiger partial charge < -0.3 is 16.0 Å². The summed E-state index contributed by atoms with van der Waals surface area (Å²) >= 11 is 0. The third-order valence-corrected chi connectivity index (χ3v) is 6.16. The molecular formula is C24H25N7O. The van der Waals surface area contributed by atoms with Crippen molar-refractivity contribution in [1.29, 1.82) is 5.41 Å². The highest BCUT2D eigenvalue weighted by Gasteiger charge is 2.24. The van der Waals surface area contributed by atoms with Gasteiger partial charge in [0.1, 0.15) is 0 Å². The number of hydrogen-bond acceptors (Lipinski definition) is 6. The average Bonchev–Trinajstić information content (AvgIpc) is 3.44. The van der Waals surface area contributed by atoms with Gasteiger partial charge in [0.15, 0.2) is 0 Å². The largest absolute Gasteiger partial charge is 0.393 e. The Kier molecular flexibility index (Phi) is 5.07. The van der Waals surface area contributed by atoms with Gasteiger partial charge >= 0.3 is 5.69 Å². The summed E-state index contributed by atoms with van der Waals surface area (Å²) in [6.07, 6.45) is 7.57. The molecule has 0 aliphatic carbocycles. The Balaban J connectivity index is 1.67. The van der Waals surface area contributed by atoms with Crippen LogP contribution >= 0.6 is 0 Å². The molecule has 0 radical (unpaired) electrons. The summed E-state index contributed by atoms with van der Waals surface area (Å²) in [5.41, 5.74) is 6.05. The molecule has 1 unspecified atom stereocenters. The van der Waals surface area contributed by atoms with Crippen LogP contribution in [0.1, 0.15) is 18.2 Å². The van der Waals surface area contributed by atoms with Crippen molar-refractivity contribution in [3.63, 3.8) is 0 Å². The van der Waals surface area contributed by atoms with Crippen molar-refractivity contribution in [3.8, 4) is 11.1 Å². The van der Waals surface area contributed by atoms with Crippen molar-refractivity contribution in [2.75, 3.05) is 20.1 Å². The zero-order valence-corrected chi connectivity index (χ0v) is 18.1. The number of hydrogen-bond donors (Lipinski definition) is 3. The lowest BCUT2D eigenvalue weighted by Gasteiger charge is -2.12. The van der Waals surface area contributed by atoms with Gasteiger partial charge in [0.2, 0.25) is 0 Å². The second kappa shape index (κ2) is 8.05. The molecule has 5 rings (SSSR count). The molecule has 1 atom stereocenters. The van der Waals surface area contributed by atoms with Crippen LogP contribution in [-0.2, 0) is 7.05 Å². The molecular weight excluding hydrogens is 402 g/mol. The highest BCUT2D eigenvalue weighted by molar-refractivity contribution is 6.07. The monoisotopic (exact) mass is 427 g/mol. The van der Waals surface area contributed by atoms with E-state index in [0.29, 0.717) is 5.57 Å². The molecule has 4 heterocycles. The van der Waals surface area contributed by atoms with E-state index in [2.05, 4.69) is 26.7 Å². The Labute approximate surface area is 185 Å². The van der Waals surface area contributed by atoms with Gasteiger partial charge in [0, 0.05) is 55.8 Å². The Morgan fingerprint density at radius 1 is 1.22 bits per heavy atom. The fourth-order valence-corrected chi connectivity index (χ4v) is 4.49. The minimum Gasteiger partial charge on any atom is -0.393 e. The maximum atomic E-state index is 13.1. The lowest BCUT2D eigenvalue weighted by molar-refractivity contribution is 0.536. The quantitative estimate of drug-likeness (QED) is 0.425. The van der Waals surface area contributed by atoms with Crippen molar-refractivity contribution in [3.05, 3.63) is 65.1 Å². The van der Waals surface area contributed by atoms with Crippen LogP contribution in [0.3, 0.4) is 0 Å². The predicted octanol–water partition coefficient (Wildman–Crippen LogP) is 2.69. The van der Waals surface area contributed by atoms with E-state index in [1.807, 2.05) is 42.1 Å². The normalized spacial score (nSPS) is 16.7. The van der Waals surface area contributed by atoms with Gasteiger partial charge in [0.05, 0.1) is 34.5 Å². The molecule has 0 amide bonds. The zero-order valence-electron chi connectivity index (χ0n) is 18.1. The average molecular weight is 428 g/mol. The third-order valence-electron chi connectivity index (χ3n) is 6.16. The number of imidazole rings is 1. The smallest absolute Gasteiger partial charge is 0.329 e. The number of benzene rings is 1. The Morgan fingerprint density at radius 2 is 2.06 bits per heavy atom. The number of pyridine rings is 2. The minimum atomic E-state index is -0.00471. The van der Waals surface area contributed by atoms with Crippen LogP contribution in [-0.4, -0.2) is 45.5 Å². The summed E-state index contributed by atoms with van der Waals surface area (Å²) < 4.78 is 3.62. The van der Waals surface area contributed by atoms with E-state index >= 15 is 0 Å². The zero-order chi connectivity index (χ0) is 22.2. The van der Waals surface area contributed by atoms with Crippen LogP contribution < -0.4 is 16.3 Å². The first kappa shape index (κ1) is 20.1. The molecule has 3 aromatic heterocycles. The first-order valence-corrected chi connectivity index (χ1v) is 10.7. The van der Waals surface area contributed by atoms with Crippen molar-refractivity contribution < 1.29 is 0 Å². The van der Waals surface area contributed by atoms with Gasteiger partial charge in [-0.2, -0.15) is 0 Å². The Morgan fingerprint density at radius 3 is 2.75 bits per heavy atom. The maximum absolute atomic E-state index is 13.1. The third kappa shape index (κ3) is 3.20. The molecule has 162 valence electrons. The summed E-state index contributed by atoms with van der Waals surface area (Å²) in [6, 6.07) is 10.2. The highest BCUT2D eigenvalue weighted by Crippen LogP contribution is 2.30. The fraction of sp³-hybridized carbons (Fsp3) is 0.250. The van der Waals surface area contributed by atoms with Crippen LogP contribution in [0.5, 0.6) is 0 Å². The highest BCUT2D eigenvalue weighted by atomic mass is 16.1. The second-order valence-electron chi connectivity index (χ2n) is 8.05. The first-order valence-electron chi connectivity index (χ1n) is 10.7. The molecule has 0 spiro atoms. The molecule has 1 aliphatic rings. The van der Waals surface area contributed by atoms with E-state index in [0.717, 1.165) is 58.3 Å². The fourth-order valence-electron chi connectivity index (χ4n) is 4.49.